The number of halogens is 1. The van der Waals surface area contributed by atoms with Gasteiger partial charge in [0.15, 0.2) is 17.1 Å². The van der Waals surface area contributed by atoms with Crippen molar-refractivity contribution in [3.8, 4) is 28.5 Å². The lowest BCUT2D eigenvalue weighted by Crippen LogP contribution is -2.39. The molecule has 1 N–H and O–H groups in total. The summed E-state index contributed by atoms with van der Waals surface area (Å²) in [6.45, 7) is 1.69. The van der Waals surface area contributed by atoms with E-state index in [9.17, 15) is 14.0 Å². The van der Waals surface area contributed by atoms with Gasteiger partial charge in [-0.1, -0.05) is 12.1 Å². The summed E-state index contributed by atoms with van der Waals surface area (Å²) < 4.78 is 32.5. The molecule has 1 saturated heterocycles. The summed E-state index contributed by atoms with van der Waals surface area (Å²) in [5.74, 6) is 0.947. The summed E-state index contributed by atoms with van der Waals surface area (Å²) in [7, 11) is 4.50. The zero-order chi connectivity index (χ0) is 28.9. The number of nitrogens with zero attached hydrogens (tertiary/aromatic N) is 5. The average molecular weight is 563 g/mol. The molecule has 1 aliphatic rings. The Balaban J connectivity index is 1.28. The second kappa shape index (κ2) is 12.1. The molecule has 0 saturated carbocycles. The lowest BCUT2D eigenvalue weighted by Gasteiger charge is -2.23. The van der Waals surface area contributed by atoms with Crippen LogP contribution in [-0.2, 0) is 4.79 Å². The van der Waals surface area contributed by atoms with Gasteiger partial charge in [0, 0.05) is 49.7 Å². The Labute approximate surface area is 236 Å². The number of amides is 2. The maximum absolute atomic E-state index is 14.6. The summed E-state index contributed by atoms with van der Waals surface area (Å²) in [6, 6.07) is 9.61. The molecule has 41 heavy (non-hydrogen) atoms. The molecule has 12 heteroatoms. The number of ether oxygens (including phenoxy) is 3. The predicted molar refractivity (Wildman–Crippen MR) is 150 cm³/mol. The fraction of sp³-hybridized carbons (Fsp3) is 0.310. The monoisotopic (exact) mass is 562 g/mol. The molecule has 5 rings (SSSR count). The van der Waals surface area contributed by atoms with E-state index in [1.807, 2.05) is 0 Å². The highest BCUT2D eigenvalue weighted by Gasteiger charge is 2.26. The number of methoxy groups -OCH3 is 3. The number of carbonyl (C=O) groups excluding carboxylic acids is 2. The van der Waals surface area contributed by atoms with Gasteiger partial charge >= 0.3 is 0 Å². The Morgan fingerprint density at radius 3 is 2.39 bits per heavy atom. The van der Waals surface area contributed by atoms with Crippen LogP contribution in [0.3, 0.4) is 0 Å². The van der Waals surface area contributed by atoms with Crippen LogP contribution in [0.15, 0.2) is 55.0 Å². The van der Waals surface area contributed by atoms with Gasteiger partial charge in [0.1, 0.15) is 17.3 Å². The summed E-state index contributed by atoms with van der Waals surface area (Å²) >= 11 is 0. The number of imidazole rings is 1. The van der Waals surface area contributed by atoms with E-state index in [0.29, 0.717) is 78.1 Å². The van der Waals surface area contributed by atoms with Crippen LogP contribution in [0.1, 0.15) is 16.8 Å². The minimum atomic E-state index is -0.414. The van der Waals surface area contributed by atoms with Crippen molar-refractivity contribution in [1.29, 1.82) is 0 Å². The van der Waals surface area contributed by atoms with Crippen molar-refractivity contribution in [3.05, 3.63) is 66.4 Å². The van der Waals surface area contributed by atoms with Crippen LogP contribution in [0.25, 0.3) is 16.9 Å². The van der Waals surface area contributed by atoms with Crippen molar-refractivity contribution in [2.75, 3.05) is 59.4 Å². The van der Waals surface area contributed by atoms with Crippen LogP contribution in [-0.4, -0.2) is 90.0 Å². The Kier molecular flexibility index (Phi) is 8.18. The first-order valence-corrected chi connectivity index (χ1v) is 13.1. The molecule has 2 amide bonds. The third-order valence-corrected chi connectivity index (χ3v) is 7.01. The first kappa shape index (κ1) is 27.7. The van der Waals surface area contributed by atoms with E-state index in [1.54, 1.807) is 63.1 Å². The Morgan fingerprint density at radius 2 is 1.68 bits per heavy atom. The van der Waals surface area contributed by atoms with Crippen molar-refractivity contribution < 1.29 is 28.2 Å². The number of anilines is 1. The van der Waals surface area contributed by atoms with Crippen LogP contribution in [0, 0.1) is 5.82 Å². The summed E-state index contributed by atoms with van der Waals surface area (Å²) in [5.41, 5.74) is 1.64. The van der Waals surface area contributed by atoms with E-state index in [-0.39, 0.29) is 18.4 Å². The van der Waals surface area contributed by atoms with Crippen LogP contribution >= 0.6 is 0 Å². The summed E-state index contributed by atoms with van der Waals surface area (Å²) in [5, 5.41) is 3.17. The van der Waals surface area contributed by atoms with Crippen molar-refractivity contribution in [1.82, 2.24) is 24.2 Å². The van der Waals surface area contributed by atoms with E-state index in [4.69, 9.17) is 14.2 Å². The highest BCUT2D eigenvalue weighted by molar-refractivity contribution is 5.96. The molecular weight excluding hydrogens is 531 g/mol. The minimum Gasteiger partial charge on any atom is -0.493 e. The van der Waals surface area contributed by atoms with Crippen molar-refractivity contribution in [2.45, 2.75) is 6.42 Å². The first-order valence-electron chi connectivity index (χ1n) is 13.1. The van der Waals surface area contributed by atoms with E-state index < -0.39 is 5.82 Å². The van der Waals surface area contributed by atoms with E-state index in [1.165, 1.54) is 27.4 Å². The number of benzene rings is 2. The number of fused-ring (bicyclic) bond motifs is 1. The lowest BCUT2D eigenvalue weighted by molar-refractivity contribution is -0.129. The molecule has 0 bridgehead atoms. The second-order valence-electron chi connectivity index (χ2n) is 9.39. The fourth-order valence-corrected chi connectivity index (χ4v) is 4.94. The predicted octanol–water partition coefficient (Wildman–Crippen LogP) is 3.35. The van der Waals surface area contributed by atoms with Crippen LogP contribution in [0.2, 0.25) is 0 Å². The quantitative estimate of drug-likeness (QED) is 0.348. The smallest absolute Gasteiger partial charge is 0.254 e. The Hall–Kier alpha value is -4.87. The molecule has 2 aromatic heterocycles. The molecule has 1 fully saturated rings. The molecule has 11 nitrogen and oxygen atoms in total. The topological polar surface area (TPSA) is 111 Å². The number of aromatic nitrogens is 3. The maximum Gasteiger partial charge on any atom is 0.254 e. The molecule has 0 radical (unpaired) electrons. The maximum atomic E-state index is 14.6. The third kappa shape index (κ3) is 5.58. The van der Waals surface area contributed by atoms with Gasteiger partial charge in [0.05, 0.1) is 34.1 Å². The van der Waals surface area contributed by atoms with Crippen LogP contribution in [0.5, 0.6) is 17.2 Å². The van der Waals surface area contributed by atoms with Crippen molar-refractivity contribution >= 4 is 23.3 Å². The fourth-order valence-electron chi connectivity index (χ4n) is 4.94. The molecule has 0 atom stereocenters. The zero-order valence-corrected chi connectivity index (χ0v) is 23.1. The number of hydrogen-bond donors (Lipinski definition) is 1. The van der Waals surface area contributed by atoms with Gasteiger partial charge in [-0.2, -0.15) is 0 Å². The highest BCUT2D eigenvalue weighted by atomic mass is 19.1. The normalized spacial score (nSPS) is 13.6. The molecule has 0 aliphatic carbocycles. The average Bonchev–Trinajstić information content (AvgIpc) is 3.18. The largest absolute Gasteiger partial charge is 0.493 e. The van der Waals surface area contributed by atoms with Crippen LogP contribution < -0.4 is 19.5 Å². The summed E-state index contributed by atoms with van der Waals surface area (Å²) in [6.07, 6.45) is 5.49. The summed E-state index contributed by atoms with van der Waals surface area (Å²) in [4.78, 5) is 38.8. The van der Waals surface area contributed by atoms with Gasteiger partial charge in [-0.05, 0) is 30.7 Å². The standard InChI is InChI=1S/C29H31FN6O5/c1-39-22-15-19(16-23(40-2)27(22)41-3)29(38)35-11-6-10-34(13-14-35)25(37)18-32-28-26(20-7-4-5-8-21(20)30)33-24-17-31-9-12-36(24)28/h4-5,7-9,12,15-17,32H,6,10-11,13-14,18H2,1-3H3. The first-order chi connectivity index (χ1) is 19.9. The molecule has 0 unspecified atom stereocenters. The molecule has 2 aromatic carbocycles. The molecule has 1 aliphatic heterocycles. The number of rotatable bonds is 8. The van der Waals surface area contributed by atoms with E-state index in [2.05, 4.69) is 15.3 Å². The van der Waals surface area contributed by atoms with Gasteiger partial charge in [-0.3, -0.25) is 19.0 Å². The molecule has 0 spiro atoms. The van der Waals surface area contributed by atoms with E-state index >= 15 is 0 Å². The SMILES string of the molecule is COc1cc(C(=O)N2CCCN(C(=O)CNc3c(-c4ccccc4F)nc4cnccn34)CC2)cc(OC)c1OC. The number of hydrogen-bond acceptors (Lipinski definition) is 8. The van der Waals surface area contributed by atoms with Gasteiger partial charge < -0.3 is 29.3 Å². The van der Waals surface area contributed by atoms with Gasteiger partial charge in [0.25, 0.3) is 5.91 Å². The molecule has 3 heterocycles. The second-order valence-corrected chi connectivity index (χ2v) is 9.39. The van der Waals surface area contributed by atoms with Crippen molar-refractivity contribution in [3.63, 3.8) is 0 Å². The van der Waals surface area contributed by atoms with Crippen LogP contribution in [0.4, 0.5) is 10.2 Å². The number of carbonyl (C=O) groups is 2. The van der Waals surface area contributed by atoms with E-state index in [0.717, 1.165) is 0 Å². The van der Waals surface area contributed by atoms with Gasteiger partial charge in [-0.25, -0.2) is 9.37 Å². The van der Waals surface area contributed by atoms with Crippen molar-refractivity contribution in [2.24, 2.45) is 0 Å². The third-order valence-electron chi connectivity index (χ3n) is 7.01. The molecule has 214 valence electrons. The zero-order valence-electron chi connectivity index (χ0n) is 23.1. The Bertz CT molecular complexity index is 1550. The Morgan fingerprint density at radius 1 is 0.976 bits per heavy atom. The highest BCUT2D eigenvalue weighted by Crippen LogP contribution is 2.38. The molecular formula is C29H31FN6O5. The molecule has 4 aromatic rings. The number of nitrogens with one attached hydrogen (secondary N) is 1. The van der Waals surface area contributed by atoms with Gasteiger partial charge in [-0.15, -0.1) is 0 Å². The lowest BCUT2D eigenvalue weighted by atomic mass is 10.1. The minimum absolute atomic E-state index is 0.0294. The van der Waals surface area contributed by atoms with Gasteiger partial charge in [0.2, 0.25) is 11.7 Å².